The van der Waals surface area contributed by atoms with Gasteiger partial charge in [0.2, 0.25) is 0 Å². The molecule has 130 valence electrons. The molecule has 1 heterocycles. The molecule has 0 aliphatic rings. The van der Waals surface area contributed by atoms with Gasteiger partial charge in [-0.15, -0.1) is 0 Å². The van der Waals surface area contributed by atoms with Crippen LogP contribution in [0, 0.1) is 5.82 Å². The third-order valence-electron chi connectivity index (χ3n) is 3.93. The number of halogens is 1. The maximum absolute atomic E-state index is 14.4. The highest BCUT2D eigenvalue weighted by Crippen LogP contribution is 2.33. The summed E-state index contributed by atoms with van der Waals surface area (Å²) in [6.07, 6.45) is 1.58. The largest absolute Gasteiger partial charge is 0.338 e. The minimum absolute atomic E-state index is 0.0454. The molecule has 1 aromatic heterocycles. The van der Waals surface area contributed by atoms with Gasteiger partial charge in [-0.2, -0.15) is 0 Å². The molecule has 1 aromatic carbocycles. The van der Waals surface area contributed by atoms with E-state index in [2.05, 4.69) is 0 Å². The zero-order valence-corrected chi connectivity index (χ0v) is 15.1. The summed E-state index contributed by atoms with van der Waals surface area (Å²) in [4.78, 5) is 13.0. The Morgan fingerprint density at radius 2 is 1.88 bits per heavy atom. The molecular formula is C18H22FNO3S. The zero-order valence-electron chi connectivity index (χ0n) is 14.3. The number of methoxy groups -OCH3 is 2. The quantitative estimate of drug-likeness (QED) is 0.530. The molecule has 2 rings (SSSR count). The fourth-order valence-electron chi connectivity index (χ4n) is 2.65. The minimum atomic E-state index is -1.55. The van der Waals surface area contributed by atoms with Gasteiger partial charge in [0, 0.05) is 20.4 Å². The fourth-order valence-corrected chi connectivity index (χ4v) is 3.49. The number of benzene rings is 1. The van der Waals surface area contributed by atoms with Gasteiger partial charge in [-0.3, -0.25) is 4.79 Å². The van der Waals surface area contributed by atoms with Crippen molar-refractivity contribution in [1.29, 1.82) is 0 Å². The number of carbonyl (C=O) groups excluding carboxylic acids is 1. The molecule has 2 aromatic rings. The molecule has 4 nitrogen and oxygen atoms in total. The summed E-state index contributed by atoms with van der Waals surface area (Å²) in [5, 5.41) is -1.55. The van der Waals surface area contributed by atoms with Crippen LogP contribution in [-0.4, -0.2) is 35.4 Å². The van der Waals surface area contributed by atoms with Gasteiger partial charge < -0.3 is 14.0 Å². The van der Waals surface area contributed by atoms with E-state index in [0.717, 1.165) is 5.56 Å². The van der Waals surface area contributed by atoms with Gasteiger partial charge in [0.25, 0.3) is 10.9 Å². The first kappa shape index (κ1) is 18.7. The van der Waals surface area contributed by atoms with E-state index in [4.69, 9.17) is 9.47 Å². The van der Waals surface area contributed by atoms with Crippen LogP contribution in [0.2, 0.25) is 0 Å². The summed E-state index contributed by atoms with van der Waals surface area (Å²) in [6.45, 7) is 3.80. The molecule has 0 aliphatic heterocycles. The number of Topliss-reactive ketones (excluding diaryl/α,β-unsaturated/α-hetero) is 1. The van der Waals surface area contributed by atoms with Crippen LogP contribution in [0.5, 0.6) is 0 Å². The highest BCUT2D eigenvalue weighted by Gasteiger charge is 2.43. The first-order valence-corrected chi connectivity index (χ1v) is 8.69. The Balaban J connectivity index is 2.48. The maximum atomic E-state index is 14.4. The number of thioether (sulfide) groups is 1. The maximum Gasteiger partial charge on any atom is 0.286 e. The van der Waals surface area contributed by atoms with Gasteiger partial charge in [-0.1, -0.05) is 49.0 Å². The van der Waals surface area contributed by atoms with E-state index in [9.17, 15) is 9.18 Å². The lowest BCUT2D eigenvalue weighted by molar-refractivity contribution is -0.102. The first-order chi connectivity index (χ1) is 11.5. The Hall–Kier alpha value is -1.63. The summed E-state index contributed by atoms with van der Waals surface area (Å²) in [6, 6.07) is 10.7. The molecular weight excluding hydrogens is 329 g/mol. The Morgan fingerprint density at radius 3 is 2.42 bits per heavy atom. The van der Waals surface area contributed by atoms with E-state index in [-0.39, 0.29) is 11.7 Å². The van der Waals surface area contributed by atoms with Gasteiger partial charge in [0.05, 0.1) is 6.04 Å². The number of nitrogens with zero attached hydrogens (tertiary/aromatic N) is 1. The standard InChI is InChI=1S/C18H22FNO3S/c1-5-24-18(22-3,23-4)17(21)16-15(19)11-12-20(16)13(2)14-9-7-6-8-10-14/h6-13H,5H2,1-4H3/t13-/m1/s1. The Labute approximate surface area is 146 Å². The second kappa shape index (κ2) is 7.96. The first-order valence-electron chi connectivity index (χ1n) is 7.71. The average molecular weight is 351 g/mol. The summed E-state index contributed by atoms with van der Waals surface area (Å²) < 4.78 is 26.7. The lowest BCUT2D eigenvalue weighted by Gasteiger charge is -2.29. The molecule has 0 N–H and O–H groups in total. The normalized spacial score (nSPS) is 13.0. The molecule has 0 unspecified atom stereocenters. The van der Waals surface area contributed by atoms with Crippen molar-refractivity contribution in [3.63, 3.8) is 0 Å². The van der Waals surface area contributed by atoms with Crippen LogP contribution < -0.4 is 0 Å². The van der Waals surface area contributed by atoms with Gasteiger partial charge in [0.15, 0.2) is 5.82 Å². The Morgan fingerprint density at radius 1 is 1.25 bits per heavy atom. The number of ketones is 1. The number of carbonyl (C=O) groups is 1. The van der Waals surface area contributed by atoms with Gasteiger partial charge in [-0.25, -0.2) is 4.39 Å². The molecule has 1 atom stereocenters. The third-order valence-corrected chi connectivity index (χ3v) is 5.12. The van der Waals surface area contributed by atoms with E-state index in [1.165, 1.54) is 32.0 Å². The van der Waals surface area contributed by atoms with E-state index >= 15 is 0 Å². The molecule has 0 spiro atoms. The predicted molar refractivity (Wildman–Crippen MR) is 93.9 cm³/mol. The second-order valence-electron chi connectivity index (χ2n) is 5.23. The van der Waals surface area contributed by atoms with Crippen molar-refractivity contribution in [1.82, 2.24) is 4.57 Å². The molecule has 24 heavy (non-hydrogen) atoms. The van der Waals surface area contributed by atoms with Crippen molar-refractivity contribution in [2.75, 3.05) is 20.0 Å². The van der Waals surface area contributed by atoms with Gasteiger partial charge in [0.1, 0.15) is 5.69 Å². The monoisotopic (exact) mass is 351 g/mol. The number of aromatic nitrogens is 1. The van der Waals surface area contributed by atoms with Crippen LogP contribution in [0.3, 0.4) is 0 Å². The summed E-state index contributed by atoms with van der Waals surface area (Å²) in [7, 11) is 2.77. The van der Waals surface area contributed by atoms with Crippen LogP contribution in [-0.2, 0) is 9.47 Å². The highest BCUT2D eigenvalue weighted by atomic mass is 32.2. The third kappa shape index (κ3) is 3.41. The molecule has 0 fully saturated rings. The van der Waals surface area contributed by atoms with Crippen LogP contribution >= 0.6 is 11.8 Å². The Bertz CT molecular complexity index is 683. The smallest absolute Gasteiger partial charge is 0.286 e. The fraction of sp³-hybridized carbons (Fsp3) is 0.389. The van der Waals surface area contributed by atoms with Crippen LogP contribution in [0.1, 0.15) is 35.9 Å². The van der Waals surface area contributed by atoms with E-state index in [0.29, 0.717) is 5.75 Å². The van der Waals surface area contributed by atoms with E-state index < -0.39 is 16.7 Å². The van der Waals surface area contributed by atoms with Crippen molar-refractivity contribution in [2.45, 2.75) is 25.0 Å². The van der Waals surface area contributed by atoms with Crippen molar-refractivity contribution < 1.29 is 18.7 Å². The lowest BCUT2D eigenvalue weighted by atomic mass is 10.1. The van der Waals surface area contributed by atoms with Gasteiger partial charge >= 0.3 is 0 Å². The van der Waals surface area contributed by atoms with Crippen molar-refractivity contribution in [2.24, 2.45) is 0 Å². The number of hydrogen-bond donors (Lipinski definition) is 0. The number of rotatable bonds is 8. The molecule has 0 saturated carbocycles. The predicted octanol–water partition coefficient (Wildman–Crippen LogP) is 4.12. The molecule has 0 saturated heterocycles. The second-order valence-corrected chi connectivity index (χ2v) is 6.64. The molecule has 6 heteroatoms. The average Bonchev–Trinajstić information content (AvgIpc) is 3.00. The van der Waals surface area contributed by atoms with Crippen LogP contribution in [0.4, 0.5) is 4.39 Å². The Kier molecular flexibility index (Phi) is 6.21. The SMILES string of the molecule is CCSC(OC)(OC)C(=O)c1c(F)ccn1[C@H](C)c1ccccc1. The highest BCUT2D eigenvalue weighted by molar-refractivity contribution is 8.01. The number of ether oxygens (including phenoxy) is 2. The summed E-state index contributed by atoms with van der Waals surface area (Å²) >= 11 is 1.18. The topological polar surface area (TPSA) is 40.5 Å². The van der Waals surface area contributed by atoms with Crippen molar-refractivity contribution >= 4 is 17.5 Å². The van der Waals surface area contributed by atoms with E-state index in [1.807, 2.05) is 44.2 Å². The zero-order chi connectivity index (χ0) is 17.7. The summed E-state index contributed by atoms with van der Waals surface area (Å²) in [5.74, 6) is -0.535. The van der Waals surface area contributed by atoms with Gasteiger partial charge in [-0.05, 0) is 24.3 Å². The van der Waals surface area contributed by atoms with Crippen LogP contribution in [0.15, 0.2) is 42.6 Å². The molecule has 0 radical (unpaired) electrons. The molecule has 0 aliphatic carbocycles. The van der Waals surface area contributed by atoms with Crippen molar-refractivity contribution in [3.05, 3.63) is 59.7 Å². The van der Waals surface area contributed by atoms with Crippen molar-refractivity contribution in [3.8, 4) is 0 Å². The molecule has 0 amide bonds. The number of hydrogen-bond acceptors (Lipinski definition) is 4. The van der Waals surface area contributed by atoms with E-state index in [1.54, 1.807) is 10.8 Å². The molecule has 0 bridgehead atoms. The lowest BCUT2D eigenvalue weighted by Crippen LogP contribution is -2.41. The summed E-state index contributed by atoms with van der Waals surface area (Å²) in [5.41, 5.74) is 0.932. The minimum Gasteiger partial charge on any atom is -0.338 e. The van der Waals surface area contributed by atoms with Crippen LogP contribution in [0.25, 0.3) is 0 Å².